The Morgan fingerprint density at radius 3 is 2.68 bits per heavy atom. The van der Waals surface area contributed by atoms with Crippen molar-refractivity contribution in [2.24, 2.45) is 0 Å². The van der Waals surface area contributed by atoms with Crippen LogP contribution in [-0.4, -0.2) is 16.2 Å². The molecule has 4 rings (SSSR count). The summed E-state index contributed by atoms with van der Waals surface area (Å²) in [5.41, 5.74) is 2.52. The topological polar surface area (TPSA) is 55.5 Å². The summed E-state index contributed by atoms with van der Waals surface area (Å²) in [7, 11) is 0. The van der Waals surface area contributed by atoms with Crippen molar-refractivity contribution in [2.45, 2.75) is 26.6 Å². The van der Waals surface area contributed by atoms with Gasteiger partial charge in [0.05, 0.1) is 12.7 Å². The maximum Gasteiger partial charge on any atom is 0.137 e. The van der Waals surface area contributed by atoms with Gasteiger partial charge in [0, 0.05) is 28.7 Å². The first-order valence-electron chi connectivity index (χ1n) is 8.33. The van der Waals surface area contributed by atoms with Gasteiger partial charge < -0.3 is 14.3 Å². The van der Waals surface area contributed by atoms with E-state index in [2.05, 4.69) is 4.98 Å². The van der Waals surface area contributed by atoms with E-state index in [0.29, 0.717) is 0 Å². The Balaban J connectivity index is 1.97. The van der Waals surface area contributed by atoms with Crippen molar-refractivity contribution in [1.29, 1.82) is 0 Å². The minimum atomic E-state index is -0.0493. The summed E-state index contributed by atoms with van der Waals surface area (Å²) in [4.78, 5) is 4.38. The highest BCUT2D eigenvalue weighted by Gasteiger charge is 2.14. The van der Waals surface area contributed by atoms with Crippen molar-refractivity contribution in [3.05, 3.63) is 60.4 Å². The lowest BCUT2D eigenvalue weighted by atomic mass is 10.0. The molecular weight excluding hydrogens is 314 g/mol. The van der Waals surface area contributed by atoms with Crippen molar-refractivity contribution in [2.75, 3.05) is 0 Å². The normalized spacial score (nSPS) is 11.5. The largest absolute Gasteiger partial charge is 0.490 e. The quantitative estimate of drug-likeness (QED) is 0.575. The van der Waals surface area contributed by atoms with Gasteiger partial charge in [-0.05, 0) is 49.1 Å². The van der Waals surface area contributed by atoms with Gasteiger partial charge in [0.25, 0.3) is 0 Å². The molecule has 2 heterocycles. The van der Waals surface area contributed by atoms with Gasteiger partial charge in [-0.1, -0.05) is 18.2 Å². The Hall–Kier alpha value is -2.85. The van der Waals surface area contributed by atoms with E-state index in [4.69, 9.17) is 9.15 Å². The molecule has 0 aliphatic carbocycles. The molecule has 0 saturated heterocycles. The van der Waals surface area contributed by atoms with Gasteiger partial charge in [0.1, 0.15) is 17.1 Å². The Morgan fingerprint density at radius 2 is 1.92 bits per heavy atom. The van der Waals surface area contributed by atoms with Crippen molar-refractivity contribution in [1.82, 2.24) is 4.98 Å². The number of aromatic nitrogens is 1. The second-order valence-corrected chi connectivity index (χ2v) is 6.35. The molecule has 0 saturated carbocycles. The summed E-state index contributed by atoms with van der Waals surface area (Å²) in [5, 5.41) is 12.5. The van der Waals surface area contributed by atoms with E-state index in [1.807, 2.05) is 56.3 Å². The molecule has 4 nitrogen and oxygen atoms in total. The highest BCUT2D eigenvalue weighted by atomic mass is 16.5. The maximum absolute atomic E-state index is 9.64. The average molecular weight is 333 g/mol. The van der Waals surface area contributed by atoms with Crippen LogP contribution in [0.4, 0.5) is 0 Å². The molecular formula is C21H19NO3. The smallest absolute Gasteiger partial charge is 0.137 e. The van der Waals surface area contributed by atoms with Crippen molar-refractivity contribution in [3.63, 3.8) is 0 Å². The van der Waals surface area contributed by atoms with Gasteiger partial charge in [-0.25, -0.2) is 0 Å². The Kier molecular flexibility index (Phi) is 3.90. The third-order valence-electron chi connectivity index (χ3n) is 4.14. The van der Waals surface area contributed by atoms with Gasteiger partial charge in [-0.2, -0.15) is 0 Å². The number of aliphatic hydroxyl groups is 1. The molecule has 0 aliphatic rings. The molecule has 0 unspecified atom stereocenters. The van der Waals surface area contributed by atoms with Gasteiger partial charge in [-0.15, -0.1) is 0 Å². The van der Waals surface area contributed by atoms with Crippen molar-refractivity contribution in [3.8, 4) is 17.1 Å². The summed E-state index contributed by atoms with van der Waals surface area (Å²) < 4.78 is 12.0. The lowest BCUT2D eigenvalue weighted by Gasteiger charge is -2.15. The van der Waals surface area contributed by atoms with Crippen LogP contribution in [0, 0.1) is 0 Å². The van der Waals surface area contributed by atoms with Crippen molar-refractivity contribution >= 4 is 21.7 Å². The fraction of sp³-hybridized carbons (Fsp3) is 0.190. The Morgan fingerprint density at radius 1 is 1.08 bits per heavy atom. The summed E-state index contributed by atoms with van der Waals surface area (Å²) in [6.45, 7) is 3.91. The first kappa shape index (κ1) is 15.7. The molecule has 0 bridgehead atoms. The van der Waals surface area contributed by atoms with E-state index < -0.39 is 0 Å². The SMILES string of the molecule is CC(C)Oc1cc(CO)cc2c(-c3cc4ccccc4o3)cncc12. The number of ether oxygens (including phenoxy) is 1. The summed E-state index contributed by atoms with van der Waals surface area (Å²) in [6.07, 6.45) is 3.62. The second-order valence-electron chi connectivity index (χ2n) is 6.35. The number of hydrogen-bond acceptors (Lipinski definition) is 4. The van der Waals surface area contributed by atoms with E-state index in [1.165, 1.54) is 0 Å². The summed E-state index contributed by atoms with van der Waals surface area (Å²) in [5.74, 6) is 1.48. The molecule has 25 heavy (non-hydrogen) atoms. The molecule has 0 atom stereocenters. The predicted molar refractivity (Wildman–Crippen MR) is 98.6 cm³/mol. The summed E-state index contributed by atoms with van der Waals surface area (Å²) >= 11 is 0. The summed E-state index contributed by atoms with van der Waals surface area (Å²) in [6, 6.07) is 13.8. The zero-order valence-electron chi connectivity index (χ0n) is 14.2. The minimum absolute atomic E-state index is 0.0343. The highest BCUT2D eigenvalue weighted by Crippen LogP contribution is 2.36. The van der Waals surface area contributed by atoms with Gasteiger partial charge >= 0.3 is 0 Å². The molecule has 4 aromatic rings. The van der Waals surface area contributed by atoms with Crippen LogP contribution in [0.5, 0.6) is 5.75 Å². The molecule has 4 heteroatoms. The van der Waals surface area contributed by atoms with Gasteiger partial charge in [0.15, 0.2) is 0 Å². The third-order valence-corrected chi connectivity index (χ3v) is 4.14. The fourth-order valence-electron chi connectivity index (χ4n) is 3.05. The predicted octanol–water partition coefficient (Wildman–Crippen LogP) is 4.93. The van der Waals surface area contributed by atoms with E-state index in [9.17, 15) is 5.11 Å². The second kappa shape index (κ2) is 6.22. The third kappa shape index (κ3) is 2.85. The lowest BCUT2D eigenvalue weighted by Crippen LogP contribution is -2.06. The number of benzene rings is 2. The van der Waals surface area contributed by atoms with Crippen LogP contribution >= 0.6 is 0 Å². The van der Waals surface area contributed by atoms with E-state index in [1.54, 1.807) is 12.4 Å². The zero-order chi connectivity index (χ0) is 17.4. The lowest BCUT2D eigenvalue weighted by molar-refractivity contribution is 0.243. The number of pyridine rings is 1. The molecule has 2 aromatic carbocycles. The van der Waals surface area contributed by atoms with Crippen LogP contribution in [0.1, 0.15) is 19.4 Å². The maximum atomic E-state index is 9.64. The van der Waals surface area contributed by atoms with Gasteiger partial charge in [-0.3, -0.25) is 4.98 Å². The molecule has 1 N–H and O–H groups in total. The molecule has 0 fully saturated rings. The van der Waals surface area contributed by atoms with Crippen LogP contribution in [0.25, 0.3) is 33.1 Å². The molecule has 0 aliphatic heterocycles. The number of hydrogen-bond donors (Lipinski definition) is 1. The molecule has 126 valence electrons. The number of aliphatic hydroxyl groups excluding tert-OH is 1. The molecule has 0 spiro atoms. The number of fused-ring (bicyclic) bond motifs is 2. The van der Waals surface area contributed by atoms with Crippen LogP contribution in [0.3, 0.4) is 0 Å². The minimum Gasteiger partial charge on any atom is -0.490 e. The standard InChI is InChI=1S/C21H19NO3/c1-13(2)24-20-8-14(12-23)7-16-17(20)10-22-11-18(16)21-9-15-5-3-4-6-19(15)25-21/h3-11,13,23H,12H2,1-2H3. The average Bonchev–Trinajstić information content (AvgIpc) is 3.04. The molecule has 0 amide bonds. The van der Waals surface area contributed by atoms with Gasteiger partial charge in [0.2, 0.25) is 0 Å². The van der Waals surface area contributed by atoms with E-state index in [0.717, 1.165) is 44.4 Å². The molecule has 2 aromatic heterocycles. The monoisotopic (exact) mass is 333 g/mol. The number of rotatable bonds is 4. The van der Waals surface area contributed by atoms with E-state index >= 15 is 0 Å². The Labute approximate surface area is 145 Å². The number of nitrogens with zero attached hydrogens (tertiary/aromatic N) is 1. The van der Waals surface area contributed by atoms with Crippen LogP contribution in [0.15, 0.2) is 59.3 Å². The fourth-order valence-corrected chi connectivity index (χ4v) is 3.05. The molecule has 0 radical (unpaired) electrons. The Bertz CT molecular complexity index is 1020. The van der Waals surface area contributed by atoms with Crippen LogP contribution < -0.4 is 4.74 Å². The van der Waals surface area contributed by atoms with E-state index in [-0.39, 0.29) is 12.7 Å². The zero-order valence-corrected chi connectivity index (χ0v) is 14.2. The first-order valence-corrected chi connectivity index (χ1v) is 8.33. The number of furan rings is 1. The number of para-hydroxylation sites is 1. The highest BCUT2D eigenvalue weighted by molar-refractivity contribution is 6.00. The van der Waals surface area contributed by atoms with Crippen LogP contribution in [-0.2, 0) is 6.61 Å². The van der Waals surface area contributed by atoms with Crippen LogP contribution in [0.2, 0.25) is 0 Å². The van der Waals surface area contributed by atoms with Crippen molar-refractivity contribution < 1.29 is 14.3 Å². The first-order chi connectivity index (χ1) is 12.2.